The minimum atomic E-state index is -2.49. The van der Waals surface area contributed by atoms with E-state index in [0.717, 1.165) is 35.3 Å². The summed E-state index contributed by atoms with van der Waals surface area (Å²) < 4.78 is 26.6. The summed E-state index contributed by atoms with van der Waals surface area (Å²) in [6.45, 7) is 31.3. The van der Waals surface area contributed by atoms with Crippen molar-refractivity contribution >= 4 is 27.2 Å². The molecule has 0 spiro atoms. The molecule has 3 atom stereocenters. The maximum Gasteiger partial charge on any atom is 0.265 e. The van der Waals surface area contributed by atoms with Crippen molar-refractivity contribution in [3.63, 3.8) is 0 Å². The fraction of sp³-hybridized carbons (Fsp3) is 0.467. The van der Waals surface area contributed by atoms with Gasteiger partial charge in [0.25, 0.3) is 8.03 Å². The first-order valence-corrected chi connectivity index (χ1v) is 20.5. The molecule has 4 rings (SSSR count). The number of hydrogen-bond acceptors (Lipinski definition) is 3. The van der Waals surface area contributed by atoms with Crippen LogP contribution in [-0.4, -0.2) is 5.34 Å². The van der Waals surface area contributed by atoms with Crippen molar-refractivity contribution in [3.8, 4) is 22.6 Å². The van der Waals surface area contributed by atoms with Crippen LogP contribution < -0.4 is 19.9 Å². The first-order valence-electron chi connectivity index (χ1n) is 18.2. The van der Waals surface area contributed by atoms with Gasteiger partial charge in [0, 0.05) is 10.9 Å². The zero-order valence-electron chi connectivity index (χ0n) is 33.2. The van der Waals surface area contributed by atoms with E-state index in [1.54, 1.807) is 0 Å². The van der Waals surface area contributed by atoms with Gasteiger partial charge in [-0.2, -0.15) is 0 Å². The molecular weight excluding hydrogens is 650 g/mol. The zero-order valence-corrected chi connectivity index (χ0v) is 35.2. The number of hydrogen-bond donors (Lipinski definition) is 0. The van der Waals surface area contributed by atoms with Gasteiger partial charge in [0.1, 0.15) is 16.8 Å². The maximum atomic E-state index is 13.5. The molecule has 0 saturated heterocycles. The lowest BCUT2D eigenvalue weighted by Crippen LogP contribution is -2.30. The van der Waals surface area contributed by atoms with Crippen LogP contribution in [0.15, 0.2) is 84.9 Å². The molecule has 0 bridgehead atoms. The van der Waals surface area contributed by atoms with Crippen molar-refractivity contribution in [3.05, 3.63) is 107 Å². The van der Waals surface area contributed by atoms with Crippen molar-refractivity contribution in [2.75, 3.05) is 0 Å². The van der Waals surface area contributed by atoms with Crippen LogP contribution in [0.1, 0.15) is 132 Å². The van der Waals surface area contributed by atoms with Gasteiger partial charge in [0.05, 0.1) is 0 Å². The highest BCUT2D eigenvalue weighted by Crippen LogP contribution is 2.43. The van der Waals surface area contributed by atoms with Crippen LogP contribution in [-0.2, 0) is 26.2 Å². The van der Waals surface area contributed by atoms with E-state index in [2.05, 4.69) is 152 Å². The second-order valence-corrected chi connectivity index (χ2v) is 21.4. The Hall–Kier alpha value is -2.86. The summed E-state index contributed by atoms with van der Waals surface area (Å²) >= 11 is 0. The van der Waals surface area contributed by atoms with Gasteiger partial charge < -0.3 is 9.26 Å². The minimum Gasteiger partial charge on any atom is -0.483 e. The topological polar surface area (TPSA) is 35.5 Å². The standard InChI is InChI=1S/C45H62O3P2/c1-15-28-45(14,47-39-26-20-33(41(2,3)4)29-37(39)43(8,9)10)49-35-22-16-31(17-23-35)32-18-24-36(25-19-32)50(46)48-40-27-21-34(42(5,6)7)30-38(40)44(11,12)13/h16-27,29-30,49-50H,15,28H2,1-14H3. The molecule has 270 valence electrons. The molecule has 3 nitrogen and oxygen atoms in total. The van der Waals surface area contributed by atoms with Crippen LogP contribution in [0.3, 0.4) is 0 Å². The van der Waals surface area contributed by atoms with Gasteiger partial charge in [-0.15, -0.1) is 0 Å². The van der Waals surface area contributed by atoms with Crippen molar-refractivity contribution in [2.45, 2.75) is 137 Å². The van der Waals surface area contributed by atoms with E-state index in [0.29, 0.717) is 19.6 Å². The molecule has 0 aliphatic carbocycles. The molecule has 0 aliphatic heterocycles. The summed E-state index contributed by atoms with van der Waals surface area (Å²) in [5.41, 5.74) is 7.07. The van der Waals surface area contributed by atoms with Crippen LogP contribution in [0.2, 0.25) is 0 Å². The molecule has 0 aliphatic rings. The van der Waals surface area contributed by atoms with E-state index < -0.39 is 8.03 Å². The third-order valence-electron chi connectivity index (χ3n) is 9.32. The van der Waals surface area contributed by atoms with E-state index in [4.69, 9.17) is 9.26 Å². The molecule has 0 fully saturated rings. The lowest BCUT2D eigenvalue weighted by molar-refractivity contribution is 0.167. The molecule has 0 heterocycles. The van der Waals surface area contributed by atoms with Crippen molar-refractivity contribution < 1.29 is 13.8 Å². The van der Waals surface area contributed by atoms with Crippen LogP contribution in [0.4, 0.5) is 0 Å². The Kier molecular flexibility index (Phi) is 12.0. The molecule has 0 aromatic heterocycles. The smallest absolute Gasteiger partial charge is 0.265 e. The lowest BCUT2D eigenvalue weighted by atomic mass is 9.80. The Morgan fingerprint density at radius 3 is 1.44 bits per heavy atom. The third-order valence-corrected chi connectivity index (χ3v) is 12.0. The predicted octanol–water partition coefficient (Wildman–Crippen LogP) is 12.6. The Morgan fingerprint density at radius 2 is 1.00 bits per heavy atom. The monoisotopic (exact) mass is 712 g/mol. The molecular formula is C45H62O3P2. The number of ether oxygens (including phenoxy) is 1. The fourth-order valence-electron chi connectivity index (χ4n) is 6.21. The summed E-state index contributed by atoms with van der Waals surface area (Å²) in [5, 5.41) is 1.68. The Balaban J connectivity index is 1.51. The normalized spacial score (nSPS) is 14.8. The van der Waals surface area contributed by atoms with Crippen LogP contribution in [0.25, 0.3) is 11.1 Å². The van der Waals surface area contributed by atoms with Gasteiger partial charge in [-0.05, 0) is 101 Å². The second-order valence-electron chi connectivity index (χ2n) is 18.2. The van der Waals surface area contributed by atoms with E-state index in [-0.39, 0.29) is 27.0 Å². The SMILES string of the molecule is CCCC(C)(Oc1ccc(C(C)(C)C)cc1C(C)(C)C)Pc1ccc(-c2ccc([PH](=O)Oc3ccc(C(C)(C)C)cc3C(C)(C)C)cc2)cc1. The zero-order chi connectivity index (χ0) is 37.3. The van der Waals surface area contributed by atoms with E-state index >= 15 is 0 Å². The average molecular weight is 713 g/mol. The lowest BCUT2D eigenvalue weighted by Gasteiger charge is -2.34. The van der Waals surface area contributed by atoms with Gasteiger partial charge in [0.2, 0.25) is 0 Å². The molecule has 50 heavy (non-hydrogen) atoms. The van der Waals surface area contributed by atoms with Crippen LogP contribution >= 0.6 is 16.6 Å². The summed E-state index contributed by atoms with van der Waals surface area (Å²) in [5.74, 6) is 1.69. The van der Waals surface area contributed by atoms with Gasteiger partial charge in [0.15, 0.2) is 0 Å². The minimum absolute atomic E-state index is 0.0241. The Bertz CT molecular complexity index is 1780. The Labute approximate surface area is 306 Å². The van der Waals surface area contributed by atoms with Crippen LogP contribution in [0, 0.1) is 0 Å². The highest BCUT2D eigenvalue weighted by molar-refractivity contribution is 7.49. The van der Waals surface area contributed by atoms with Gasteiger partial charge in [-0.3, -0.25) is 4.57 Å². The number of benzene rings is 4. The fourth-order valence-corrected chi connectivity index (χ4v) is 8.63. The summed E-state index contributed by atoms with van der Waals surface area (Å²) in [6.07, 6.45) is 2.02. The number of rotatable bonds is 10. The molecule has 0 N–H and O–H groups in total. The summed E-state index contributed by atoms with van der Waals surface area (Å²) in [4.78, 5) is 0. The first-order chi connectivity index (χ1) is 23.0. The summed E-state index contributed by atoms with van der Waals surface area (Å²) in [7, 11) is -1.99. The second kappa shape index (κ2) is 15.0. The van der Waals surface area contributed by atoms with Crippen molar-refractivity contribution in [1.29, 1.82) is 0 Å². The quantitative estimate of drug-likeness (QED) is 0.154. The van der Waals surface area contributed by atoms with E-state index in [1.165, 1.54) is 22.0 Å². The third kappa shape index (κ3) is 10.1. The molecule has 0 saturated carbocycles. The molecule has 4 aromatic carbocycles. The largest absolute Gasteiger partial charge is 0.483 e. The molecule has 3 unspecified atom stereocenters. The first kappa shape index (κ1) is 39.9. The molecule has 4 aromatic rings. The van der Waals surface area contributed by atoms with E-state index in [9.17, 15) is 4.57 Å². The van der Waals surface area contributed by atoms with E-state index in [1.807, 2.05) is 30.3 Å². The van der Waals surface area contributed by atoms with Crippen molar-refractivity contribution in [1.82, 2.24) is 0 Å². The molecule has 5 heteroatoms. The Morgan fingerprint density at radius 1 is 0.560 bits per heavy atom. The predicted molar refractivity (Wildman–Crippen MR) is 221 cm³/mol. The van der Waals surface area contributed by atoms with Gasteiger partial charge >= 0.3 is 0 Å². The van der Waals surface area contributed by atoms with Crippen molar-refractivity contribution in [2.24, 2.45) is 0 Å². The highest BCUT2D eigenvalue weighted by atomic mass is 31.1. The highest BCUT2D eigenvalue weighted by Gasteiger charge is 2.31. The van der Waals surface area contributed by atoms with Gasteiger partial charge in [-0.1, -0.05) is 157 Å². The maximum absolute atomic E-state index is 13.5. The van der Waals surface area contributed by atoms with Crippen LogP contribution in [0.5, 0.6) is 11.5 Å². The van der Waals surface area contributed by atoms with Gasteiger partial charge in [-0.25, -0.2) is 0 Å². The molecule has 0 amide bonds. The molecule has 0 radical (unpaired) electrons. The summed E-state index contributed by atoms with van der Waals surface area (Å²) in [6, 6.07) is 29.9. The average Bonchev–Trinajstić information content (AvgIpc) is 2.99.